The minimum absolute atomic E-state index is 0.167. The predicted molar refractivity (Wildman–Crippen MR) is 105 cm³/mol. The molecule has 0 saturated carbocycles. The highest BCUT2D eigenvalue weighted by Crippen LogP contribution is 2.28. The van der Waals surface area contributed by atoms with Crippen molar-refractivity contribution in [3.63, 3.8) is 0 Å². The van der Waals surface area contributed by atoms with Crippen LogP contribution in [0.15, 0.2) is 48.5 Å². The summed E-state index contributed by atoms with van der Waals surface area (Å²) in [4.78, 5) is 24.0. The van der Waals surface area contributed by atoms with Crippen LogP contribution in [-0.4, -0.2) is 18.4 Å². The molecule has 0 aliphatic carbocycles. The van der Waals surface area contributed by atoms with E-state index in [0.29, 0.717) is 17.2 Å². The van der Waals surface area contributed by atoms with Gasteiger partial charge >= 0.3 is 0 Å². The topological polar surface area (TPSA) is 67.4 Å². The fourth-order valence-corrected chi connectivity index (χ4v) is 2.89. The molecule has 0 saturated heterocycles. The van der Waals surface area contributed by atoms with Gasteiger partial charge in [-0.1, -0.05) is 44.2 Å². The van der Waals surface area contributed by atoms with Crippen LogP contribution in [0.1, 0.15) is 42.1 Å². The molecule has 25 heavy (non-hydrogen) atoms. The number of para-hydroxylation sites is 1. The van der Waals surface area contributed by atoms with Crippen molar-refractivity contribution in [1.29, 1.82) is 0 Å². The maximum Gasteiger partial charge on any atom is 0.276 e. The Hall–Kier alpha value is -2.09. The van der Waals surface area contributed by atoms with E-state index in [-0.39, 0.29) is 12.5 Å². The second kappa shape index (κ2) is 9.41. The first-order chi connectivity index (χ1) is 12.0. The van der Waals surface area contributed by atoms with E-state index in [1.807, 2.05) is 36.4 Å². The number of ether oxygens (including phenoxy) is 1. The van der Waals surface area contributed by atoms with E-state index in [1.54, 1.807) is 12.1 Å². The number of nitrogens with one attached hydrogen (secondary N) is 2. The summed E-state index contributed by atoms with van der Waals surface area (Å²) < 4.78 is 6.43. The Morgan fingerprint density at radius 1 is 1.08 bits per heavy atom. The van der Waals surface area contributed by atoms with E-state index in [2.05, 4.69) is 47.3 Å². The van der Waals surface area contributed by atoms with Crippen molar-refractivity contribution in [2.75, 3.05) is 6.61 Å². The molecule has 2 aromatic rings. The van der Waals surface area contributed by atoms with Crippen LogP contribution in [0.2, 0.25) is 0 Å². The predicted octanol–water partition coefficient (Wildman–Crippen LogP) is 3.64. The Labute approximate surface area is 161 Å². The van der Waals surface area contributed by atoms with Crippen LogP contribution in [0, 0.1) is 3.57 Å². The minimum Gasteiger partial charge on any atom is -0.483 e. The number of benzene rings is 2. The van der Waals surface area contributed by atoms with Crippen molar-refractivity contribution in [2.45, 2.75) is 26.2 Å². The van der Waals surface area contributed by atoms with Crippen molar-refractivity contribution in [2.24, 2.45) is 0 Å². The van der Waals surface area contributed by atoms with E-state index in [4.69, 9.17) is 4.74 Å². The molecule has 6 heteroatoms. The third-order valence-corrected chi connectivity index (χ3v) is 4.80. The van der Waals surface area contributed by atoms with Gasteiger partial charge in [0.25, 0.3) is 11.8 Å². The number of halogens is 1. The van der Waals surface area contributed by atoms with Gasteiger partial charge in [0, 0.05) is 3.57 Å². The van der Waals surface area contributed by atoms with Crippen molar-refractivity contribution < 1.29 is 14.3 Å². The Bertz CT molecular complexity index is 749. The van der Waals surface area contributed by atoms with Crippen LogP contribution in [-0.2, 0) is 4.79 Å². The van der Waals surface area contributed by atoms with Gasteiger partial charge in [-0.3, -0.25) is 20.4 Å². The van der Waals surface area contributed by atoms with Gasteiger partial charge in [0.2, 0.25) is 0 Å². The number of hydrazine groups is 1. The molecule has 0 spiro atoms. The summed E-state index contributed by atoms with van der Waals surface area (Å²) in [6, 6.07) is 14.8. The molecular weight excluding hydrogens is 431 g/mol. The summed E-state index contributed by atoms with van der Waals surface area (Å²) in [6.07, 6.45) is 0.984. The minimum atomic E-state index is -0.418. The zero-order chi connectivity index (χ0) is 18.2. The highest BCUT2D eigenvalue weighted by Gasteiger charge is 2.13. The van der Waals surface area contributed by atoms with Crippen LogP contribution < -0.4 is 15.6 Å². The second-order valence-corrected chi connectivity index (χ2v) is 6.78. The fraction of sp³-hybridized carbons (Fsp3) is 0.263. The summed E-state index contributed by atoms with van der Waals surface area (Å²) >= 11 is 2.07. The number of hydrogen-bond acceptors (Lipinski definition) is 3. The van der Waals surface area contributed by atoms with Crippen molar-refractivity contribution in [3.05, 3.63) is 63.2 Å². The molecule has 0 aromatic heterocycles. The molecule has 0 aliphatic rings. The van der Waals surface area contributed by atoms with E-state index < -0.39 is 5.91 Å². The average Bonchev–Trinajstić information content (AvgIpc) is 2.64. The Morgan fingerprint density at radius 3 is 2.48 bits per heavy atom. The zero-order valence-electron chi connectivity index (χ0n) is 14.2. The maximum atomic E-state index is 12.1. The molecule has 132 valence electrons. The smallest absolute Gasteiger partial charge is 0.276 e. The zero-order valence-corrected chi connectivity index (χ0v) is 16.4. The van der Waals surface area contributed by atoms with E-state index in [0.717, 1.165) is 15.6 Å². The Kier molecular flexibility index (Phi) is 7.24. The first kappa shape index (κ1) is 19.2. The van der Waals surface area contributed by atoms with Crippen LogP contribution >= 0.6 is 22.6 Å². The molecule has 5 nitrogen and oxygen atoms in total. The molecule has 0 bridgehead atoms. The lowest BCUT2D eigenvalue weighted by Crippen LogP contribution is -2.44. The monoisotopic (exact) mass is 452 g/mol. The SMILES string of the molecule is CCC(C)c1ccccc1OCC(=O)NNC(=O)c1ccccc1I. The number of hydrogen-bond donors (Lipinski definition) is 2. The van der Waals surface area contributed by atoms with Crippen molar-refractivity contribution in [3.8, 4) is 5.75 Å². The highest BCUT2D eigenvalue weighted by molar-refractivity contribution is 14.1. The highest BCUT2D eigenvalue weighted by atomic mass is 127. The first-order valence-corrected chi connectivity index (χ1v) is 9.16. The van der Waals surface area contributed by atoms with Gasteiger partial charge < -0.3 is 4.74 Å². The molecule has 0 radical (unpaired) electrons. The third-order valence-electron chi connectivity index (χ3n) is 3.86. The molecular formula is C19H21IN2O3. The van der Waals surface area contributed by atoms with Crippen molar-refractivity contribution >= 4 is 34.4 Å². The normalized spacial score (nSPS) is 11.5. The summed E-state index contributed by atoms with van der Waals surface area (Å²) in [5.74, 6) is 0.256. The molecule has 1 atom stereocenters. The van der Waals surface area contributed by atoms with Gasteiger partial charge in [-0.15, -0.1) is 0 Å². The van der Waals surface area contributed by atoms with Crippen LogP contribution in [0.4, 0.5) is 0 Å². The molecule has 0 heterocycles. The lowest BCUT2D eigenvalue weighted by Gasteiger charge is -2.15. The van der Waals surface area contributed by atoms with Gasteiger partial charge in [0.05, 0.1) is 5.56 Å². The number of carbonyl (C=O) groups is 2. The van der Waals surface area contributed by atoms with E-state index in [1.165, 1.54) is 0 Å². The first-order valence-electron chi connectivity index (χ1n) is 8.08. The van der Waals surface area contributed by atoms with Gasteiger partial charge in [-0.2, -0.15) is 0 Å². The lowest BCUT2D eigenvalue weighted by molar-refractivity contribution is -0.123. The van der Waals surface area contributed by atoms with Crippen LogP contribution in [0.5, 0.6) is 5.75 Å². The van der Waals surface area contributed by atoms with Crippen LogP contribution in [0.3, 0.4) is 0 Å². The van der Waals surface area contributed by atoms with Crippen LogP contribution in [0.25, 0.3) is 0 Å². The summed E-state index contributed by atoms with van der Waals surface area (Å²) in [5.41, 5.74) is 6.35. The third kappa shape index (κ3) is 5.45. The molecule has 1 unspecified atom stereocenters. The quantitative estimate of drug-likeness (QED) is 0.520. The largest absolute Gasteiger partial charge is 0.483 e. The maximum absolute atomic E-state index is 12.1. The average molecular weight is 452 g/mol. The van der Waals surface area contributed by atoms with E-state index >= 15 is 0 Å². The molecule has 2 N–H and O–H groups in total. The molecule has 2 amide bonds. The second-order valence-electron chi connectivity index (χ2n) is 5.62. The summed E-state index contributed by atoms with van der Waals surface area (Å²) in [5, 5.41) is 0. The summed E-state index contributed by atoms with van der Waals surface area (Å²) in [7, 11) is 0. The number of carbonyl (C=O) groups excluding carboxylic acids is 2. The van der Waals surface area contributed by atoms with Gasteiger partial charge in [-0.05, 0) is 58.7 Å². The number of amides is 2. The molecule has 0 fully saturated rings. The Balaban J connectivity index is 1.88. The van der Waals surface area contributed by atoms with Gasteiger partial charge in [-0.25, -0.2) is 0 Å². The van der Waals surface area contributed by atoms with E-state index in [9.17, 15) is 9.59 Å². The fourth-order valence-electron chi connectivity index (χ4n) is 2.26. The lowest BCUT2D eigenvalue weighted by atomic mass is 9.98. The molecule has 2 rings (SSSR count). The molecule has 2 aromatic carbocycles. The molecule has 0 aliphatic heterocycles. The van der Waals surface area contributed by atoms with Crippen molar-refractivity contribution in [1.82, 2.24) is 10.9 Å². The summed E-state index contributed by atoms with van der Waals surface area (Å²) in [6.45, 7) is 4.05. The van der Waals surface area contributed by atoms with Gasteiger partial charge in [0.1, 0.15) is 5.75 Å². The number of rotatable bonds is 6. The standard InChI is InChI=1S/C19H21IN2O3/c1-3-13(2)14-8-5-7-11-17(14)25-12-18(23)21-22-19(24)15-9-4-6-10-16(15)20/h4-11,13H,3,12H2,1-2H3,(H,21,23)(H,22,24). The Morgan fingerprint density at radius 2 is 1.76 bits per heavy atom. The van der Waals surface area contributed by atoms with Gasteiger partial charge in [0.15, 0.2) is 6.61 Å².